The smallest absolute Gasteiger partial charge is 0.410 e. The summed E-state index contributed by atoms with van der Waals surface area (Å²) in [5.74, 6) is 0. The van der Waals surface area contributed by atoms with E-state index < -0.39 is 5.60 Å². The lowest BCUT2D eigenvalue weighted by Crippen LogP contribution is -2.36. The molecule has 0 spiro atoms. The Labute approximate surface area is 259 Å². The molecule has 0 saturated carbocycles. The molecule has 0 heterocycles. The quantitative estimate of drug-likeness (QED) is 0.0995. The largest absolute Gasteiger partial charge is 0.444 e. The third kappa shape index (κ3) is 35.2. The standard InChI is InChI=1S/C30H61NO12/c1-6-7-9-33-11-13-35-15-17-37-19-21-39-23-25-41-27-28-42-26-24-40-22-20-38-18-16-36-14-12-34-10-8-31(5)29(32)43-30(2,3)4/h6-28H2,1-5H3. The minimum Gasteiger partial charge on any atom is -0.444 e. The first-order chi connectivity index (χ1) is 20.9. The number of carbonyl (C=O) groups is 1. The Morgan fingerprint density at radius 1 is 0.465 bits per heavy atom. The fourth-order valence-electron chi connectivity index (χ4n) is 2.96. The summed E-state index contributed by atoms with van der Waals surface area (Å²) in [5.41, 5.74) is -0.506. The van der Waals surface area contributed by atoms with Gasteiger partial charge in [-0.2, -0.15) is 0 Å². The maximum atomic E-state index is 11.8. The molecule has 0 aromatic heterocycles. The van der Waals surface area contributed by atoms with Gasteiger partial charge in [0.15, 0.2) is 0 Å². The van der Waals surface area contributed by atoms with Crippen molar-refractivity contribution >= 4 is 6.09 Å². The molecule has 0 unspecified atom stereocenters. The summed E-state index contributed by atoms with van der Waals surface area (Å²) < 4.78 is 59.9. The second kappa shape index (κ2) is 32.3. The van der Waals surface area contributed by atoms with Gasteiger partial charge in [-0.15, -0.1) is 0 Å². The highest BCUT2D eigenvalue weighted by Gasteiger charge is 2.19. The molecule has 13 nitrogen and oxygen atoms in total. The van der Waals surface area contributed by atoms with E-state index in [4.69, 9.17) is 52.1 Å². The number of rotatable bonds is 33. The molecule has 0 rings (SSSR count). The summed E-state index contributed by atoms with van der Waals surface area (Å²) in [6, 6.07) is 0. The normalized spacial score (nSPS) is 11.7. The molecule has 0 aliphatic rings. The Morgan fingerprint density at radius 3 is 0.977 bits per heavy atom. The van der Waals surface area contributed by atoms with Crippen LogP contribution in [0.4, 0.5) is 4.79 Å². The van der Waals surface area contributed by atoms with Crippen molar-refractivity contribution in [2.75, 3.05) is 146 Å². The summed E-state index contributed by atoms with van der Waals surface area (Å²) in [4.78, 5) is 13.3. The van der Waals surface area contributed by atoms with Crippen LogP contribution in [0.2, 0.25) is 0 Å². The summed E-state index contributed by atoms with van der Waals surface area (Å²) in [6.07, 6.45) is 1.87. The van der Waals surface area contributed by atoms with Gasteiger partial charge in [-0.25, -0.2) is 4.79 Å². The topological polar surface area (TPSA) is 122 Å². The molecule has 43 heavy (non-hydrogen) atoms. The number of carbonyl (C=O) groups excluding carboxylic acids is 1. The van der Waals surface area contributed by atoms with E-state index in [1.807, 2.05) is 20.8 Å². The van der Waals surface area contributed by atoms with E-state index in [0.717, 1.165) is 19.4 Å². The summed E-state index contributed by atoms with van der Waals surface area (Å²) >= 11 is 0. The van der Waals surface area contributed by atoms with Gasteiger partial charge in [-0.05, 0) is 27.2 Å². The van der Waals surface area contributed by atoms with Gasteiger partial charge in [0.05, 0.1) is 126 Å². The van der Waals surface area contributed by atoms with Gasteiger partial charge in [-0.1, -0.05) is 13.3 Å². The van der Waals surface area contributed by atoms with E-state index in [-0.39, 0.29) is 6.09 Å². The second-order valence-corrected chi connectivity index (χ2v) is 10.4. The first-order valence-electron chi connectivity index (χ1n) is 15.6. The average Bonchev–Trinajstić information content (AvgIpc) is 2.96. The molecule has 1 amide bonds. The van der Waals surface area contributed by atoms with Gasteiger partial charge in [0.1, 0.15) is 5.60 Å². The van der Waals surface area contributed by atoms with Crippen LogP contribution in [0.1, 0.15) is 40.5 Å². The monoisotopic (exact) mass is 627 g/mol. The lowest BCUT2D eigenvalue weighted by atomic mass is 10.2. The van der Waals surface area contributed by atoms with E-state index in [1.54, 1.807) is 7.05 Å². The first-order valence-corrected chi connectivity index (χ1v) is 15.6. The van der Waals surface area contributed by atoms with E-state index in [2.05, 4.69) is 6.92 Å². The predicted octanol–water partition coefficient (Wildman–Crippen LogP) is 2.82. The highest BCUT2D eigenvalue weighted by Crippen LogP contribution is 2.08. The second-order valence-electron chi connectivity index (χ2n) is 10.4. The van der Waals surface area contributed by atoms with E-state index in [1.165, 1.54) is 4.90 Å². The van der Waals surface area contributed by atoms with Crippen molar-refractivity contribution in [1.29, 1.82) is 0 Å². The molecule has 0 aromatic rings. The molecule has 0 aliphatic heterocycles. The maximum absolute atomic E-state index is 11.8. The van der Waals surface area contributed by atoms with Crippen molar-refractivity contribution in [2.45, 2.75) is 46.1 Å². The van der Waals surface area contributed by atoms with Crippen LogP contribution >= 0.6 is 0 Å². The van der Waals surface area contributed by atoms with Crippen molar-refractivity contribution < 1.29 is 56.9 Å². The molecular weight excluding hydrogens is 566 g/mol. The third-order valence-corrected chi connectivity index (χ3v) is 5.27. The van der Waals surface area contributed by atoms with Crippen molar-refractivity contribution in [3.63, 3.8) is 0 Å². The Morgan fingerprint density at radius 2 is 0.721 bits per heavy atom. The van der Waals surface area contributed by atoms with Gasteiger partial charge in [0.25, 0.3) is 0 Å². The highest BCUT2D eigenvalue weighted by molar-refractivity contribution is 5.67. The van der Waals surface area contributed by atoms with E-state index in [9.17, 15) is 4.79 Å². The average molecular weight is 628 g/mol. The molecule has 0 saturated heterocycles. The number of unbranched alkanes of at least 4 members (excludes halogenated alkanes) is 1. The zero-order chi connectivity index (χ0) is 31.7. The molecular formula is C30H61NO12. The third-order valence-electron chi connectivity index (χ3n) is 5.27. The Kier molecular flexibility index (Phi) is 31.4. The zero-order valence-electron chi connectivity index (χ0n) is 27.6. The zero-order valence-corrected chi connectivity index (χ0v) is 27.6. The number of likely N-dealkylation sites (N-methyl/N-ethyl adjacent to an activating group) is 1. The van der Waals surface area contributed by atoms with Gasteiger partial charge in [0.2, 0.25) is 0 Å². The van der Waals surface area contributed by atoms with Crippen LogP contribution in [0.5, 0.6) is 0 Å². The molecule has 0 atom stereocenters. The molecule has 0 N–H and O–H groups in total. The van der Waals surface area contributed by atoms with Gasteiger partial charge < -0.3 is 57.0 Å². The van der Waals surface area contributed by atoms with Gasteiger partial charge in [-0.3, -0.25) is 0 Å². The van der Waals surface area contributed by atoms with Crippen LogP contribution in [0.15, 0.2) is 0 Å². The minimum absolute atomic E-state index is 0.362. The molecule has 258 valence electrons. The van der Waals surface area contributed by atoms with Crippen molar-refractivity contribution in [3.8, 4) is 0 Å². The van der Waals surface area contributed by atoms with Crippen molar-refractivity contribution in [3.05, 3.63) is 0 Å². The Bertz CT molecular complexity index is 580. The first kappa shape index (κ1) is 41.9. The van der Waals surface area contributed by atoms with E-state index >= 15 is 0 Å². The van der Waals surface area contributed by atoms with Crippen LogP contribution in [0, 0.1) is 0 Å². The van der Waals surface area contributed by atoms with Gasteiger partial charge >= 0.3 is 6.09 Å². The number of hydrogen-bond donors (Lipinski definition) is 0. The molecule has 0 aromatic carbocycles. The van der Waals surface area contributed by atoms with Crippen LogP contribution < -0.4 is 0 Å². The molecule has 0 aliphatic carbocycles. The highest BCUT2D eigenvalue weighted by atomic mass is 16.6. The van der Waals surface area contributed by atoms with Crippen LogP contribution in [0.3, 0.4) is 0 Å². The minimum atomic E-state index is -0.506. The number of ether oxygens (including phenoxy) is 11. The Balaban J connectivity index is 3.14. The van der Waals surface area contributed by atoms with E-state index in [0.29, 0.717) is 132 Å². The van der Waals surface area contributed by atoms with Gasteiger partial charge in [0, 0.05) is 20.2 Å². The van der Waals surface area contributed by atoms with Crippen LogP contribution in [-0.4, -0.2) is 162 Å². The summed E-state index contributed by atoms with van der Waals surface area (Å²) in [7, 11) is 1.68. The van der Waals surface area contributed by atoms with Crippen molar-refractivity contribution in [1.82, 2.24) is 4.90 Å². The number of nitrogens with zero attached hydrogens (tertiary/aromatic N) is 1. The molecule has 0 radical (unpaired) electrons. The SMILES string of the molecule is CCCCOCCOCCOCCOCCOCCOCCOCCOCCOCCOCCN(C)C(=O)OC(C)(C)C. The fourth-order valence-corrected chi connectivity index (χ4v) is 2.96. The summed E-state index contributed by atoms with van der Waals surface area (Å²) in [6.45, 7) is 18.7. The maximum Gasteiger partial charge on any atom is 0.410 e. The number of amides is 1. The number of hydrogen-bond acceptors (Lipinski definition) is 12. The van der Waals surface area contributed by atoms with Crippen LogP contribution in [0.25, 0.3) is 0 Å². The lowest BCUT2D eigenvalue weighted by Gasteiger charge is -2.24. The van der Waals surface area contributed by atoms with Crippen LogP contribution in [-0.2, 0) is 52.1 Å². The summed E-state index contributed by atoms with van der Waals surface area (Å²) in [5, 5.41) is 0. The Hall–Kier alpha value is -1.13. The fraction of sp³-hybridized carbons (Fsp3) is 0.967. The molecule has 0 bridgehead atoms. The lowest BCUT2D eigenvalue weighted by molar-refractivity contribution is -0.0267. The molecule has 0 fully saturated rings. The molecule has 13 heteroatoms. The predicted molar refractivity (Wildman–Crippen MR) is 162 cm³/mol. The van der Waals surface area contributed by atoms with Crippen molar-refractivity contribution in [2.24, 2.45) is 0 Å².